The summed E-state index contributed by atoms with van der Waals surface area (Å²) in [5.41, 5.74) is 8.63. The highest BCUT2D eigenvalue weighted by atomic mass is 32.2. The number of fused-ring (bicyclic) bond motifs is 3. The molecule has 29 heavy (non-hydrogen) atoms. The molecular weight excluding hydrogens is 392 g/mol. The highest BCUT2D eigenvalue weighted by Crippen LogP contribution is 2.31. The average molecular weight is 421 g/mol. The van der Waals surface area contributed by atoms with Crippen molar-refractivity contribution in [1.82, 2.24) is 14.5 Å². The highest BCUT2D eigenvalue weighted by Gasteiger charge is 2.17. The van der Waals surface area contributed by atoms with E-state index in [4.69, 9.17) is 20.2 Å². The van der Waals surface area contributed by atoms with Crippen LogP contribution in [-0.2, 0) is 27.5 Å². The first-order chi connectivity index (χ1) is 13.8. The van der Waals surface area contributed by atoms with Gasteiger partial charge in [0.2, 0.25) is 0 Å². The molecule has 3 rings (SSSR count). The number of pyridine rings is 1. The van der Waals surface area contributed by atoms with Gasteiger partial charge in [-0.05, 0) is 25.0 Å². The molecule has 0 aliphatic carbocycles. The van der Waals surface area contributed by atoms with Gasteiger partial charge in [0.15, 0.2) is 5.82 Å². The highest BCUT2D eigenvalue weighted by molar-refractivity contribution is 7.90. The second-order valence-corrected chi connectivity index (χ2v) is 9.39. The molecule has 2 N–H and O–H groups in total. The number of ether oxygens (including phenoxy) is 2. The summed E-state index contributed by atoms with van der Waals surface area (Å²) in [5.74, 6) is 2.06. The van der Waals surface area contributed by atoms with Gasteiger partial charge in [-0.2, -0.15) is 0 Å². The topological polar surface area (TPSA) is 109 Å². The fraction of sp³-hybridized carbons (Fsp3) is 0.500. The molecule has 0 unspecified atom stereocenters. The van der Waals surface area contributed by atoms with Gasteiger partial charge in [-0.3, -0.25) is 0 Å². The predicted molar refractivity (Wildman–Crippen MR) is 115 cm³/mol. The van der Waals surface area contributed by atoms with Gasteiger partial charge >= 0.3 is 0 Å². The normalized spacial score (nSPS) is 12.1. The molecule has 0 radical (unpaired) electrons. The van der Waals surface area contributed by atoms with E-state index in [-0.39, 0.29) is 5.75 Å². The van der Waals surface area contributed by atoms with Crippen LogP contribution in [0, 0.1) is 0 Å². The number of nitrogen functional groups attached to an aromatic ring is 1. The number of hydrogen-bond donors (Lipinski definition) is 1. The fourth-order valence-electron chi connectivity index (χ4n) is 3.39. The summed E-state index contributed by atoms with van der Waals surface area (Å²) < 4.78 is 35.6. The van der Waals surface area contributed by atoms with Crippen molar-refractivity contribution in [2.45, 2.75) is 32.7 Å². The van der Waals surface area contributed by atoms with Crippen LogP contribution in [-0.4, -0.2) is 55.3 Å². The van der Waals surface area contributed by atoms with E-state index in [0.717, 1.165) is 35.2 Å². The molecule has 2 heterocycles. The molecule has 8 nitrogen and oxygen atoms in total. The Hall–Kier alpha value is -2.39. The van der Waals surface area contributed by atoms with Gasteiger partial charge in [0.25, 0.3) is 0 Å². The Morgan fingerprint density at radius 3 is 2.69 bits per heavy atom. The molecule has 0 spiro atoms. The van der Waals surface area contributed by atoms with Crippen LogP contribution in [0.2, 0.25) is 0 Å². The van der Waals surface area contributed by atoms with Gasteiger partial charge in [0, 0.05) is 37.8 Å². The van der Waals surface area contributed by atoms with Crippen molar-refractivity contribution in [3.05, 3.63) is 24.0 Å². The first-order valence-electron chi connectivity index (χ1n) is 9.72. The second kappa shape index (κ2) is 8.96. The van der Waals surface area contributed by atoms with Crippen LogP contribution in [0.25, 0.3) is 21.9 Å². The van der Waals surface area contributed by atoms with Crippen LogP contribution >= 0.6 is 0 Å². The van der Waals surface area contributed by atoms with E-state index < -0.39 is 9.84 Å². The number of hydrogen-bond acceptors (Lipinski definition) is 7. The Morgan fingerprint density at radius 2 is 2.00 bits per heavy atom. The minimum absolute atomic E-state index is 0.104. The zero-order valence-electron chi connectivity index (χ0n) is 17.1. The number of aromatic nitrogens is 3. The number of nitrogens with zero attached hydrogens (tertiary/aromatic N) is 3. The van der Waals surface area contributed by atoms with Crippen LogP contribution in [0.15, 0.2) is 18.2 Å². The first kappa shape index (κ1) is 21.3. The third-order valence-corrected chi connectivity index (χ3v) is 5.69. The number of anilines is 1. The maximum absolute atomic E-state index is 11.2. The van der Waals surface area contributed by atoms with Crippen molar-refractivity contribution in [2.24, 2.45) is 0 Å². The standard InChI is InChI=1S/C20H28N4O4S/c1-4-9-24-17(8-11-27-2)23-18-19(24)15-7-6-14(13-16(15)22-20(18)21)28-10-5-12-29(3,25)26/h6-7,13H,4-5,8-12H2,1-3H3,(H2,21,22). The van der Waals surface area contributed by atoms with Crippen LogP contribution in [0.5, 0.6) is 5.75 Å². The van der Waals surface area contributed by atoms with Crippen molar-refractivity contribution in [1.29, 1.82) is 0 Å². The van der Waals surface area contributed by atoms with E-state index >= 15 is 0 Å². The van der Waals surface area contributed by atoms with Gasteiger partial charge in [0.05, 0.1) is 30.0 Å². The maximum Gasteiger partial charge on any atom is 0.152 e. The number of methoxy groups -OCH3 is 1. The molecule has 158 valence electrons. The van der Waals surface area contributed by atoms with Crippen molar-refractivity contribution in [3.8, 4) is 5.75 Å². The monoisotopic (exact) mass is 420 g/mol. The molecule has 0 amide bonds. The molecule has 0 aliphatic rings. The van der Waals surface area contributed by atoms with E-state index in [9.17, 15) is 8.42 Å². The summed E-state index contributed by atoms with van der Waals surface area (Å²) in [7, 11) is -1.31. The number of imidazole rings is 1. The first-order valence-corrected chi connectivity index (χ1v) is 11.8. The van der Waals surface area contributed by atoms with Gasteiger partial charge in [-0.15, -0.1) is 0 Å². The zero-order chi connectivity index (χ0) is 21.0. The van der Waals surface area contributed by atoms with E-state index in [2.05, 4.69) is 16.5 Å². The van der Waals surface area contributed by atoms with Gasteiger partial charge in [0.1, 0.15) is 26.9 Å². The molecular formula is C20H28N4O4S. The van der Waals surface area contributed by atoms with Crippen molar-refractivity contribution >= 4 is 37.6 Å². The Bertz CT molecular complexity index is 1110. The molecule has 9 heteroatoms. The summed E-state index contributed by atoms with van der Waals surface area (Å²) in [6.07, 6.45) is 3.34. The van der Waals surface area contributed by atoms with E-state index in [1.807, 2.05) is 18.2 Å². The lowest BCUT2D eigenvalue weighted by molar-refractivity contribution is 0.199. The summed E-state index contributed by atoms with van der Waals surface area (Å²) in [6, 6.07) is 5.67. The van der Waals surface area contributed by atoms with E-state index in [1.54, 1.807) is 7.11 Å². The molecule has 3 aromatic rings. The fourth-order valence-corrected chi connectivity index (χ4v) is 4.03. The lowest BCUT2D eigenvalue weighted by Crippen LogP contribution is -2.08. The second-order valence-electron chi connectivity index (χ2n) is 7.13. The quantitative estimate of drug-likeness (QED) is 0.502. The molecule has 1 aromatic carbocycles. The molecule has 0 saturated heterocycles. The van der Waals surface area contributed by atoms with Crippen molar-refractivity contribution in [2.75, 3.05) is 38.1 Å². The molecule has 0 fully saturated rings. The average Bonchev–Trinajstić information content (AvgIpc) is 3.02. The molecule has 2 aromatic heterocycles. The van der Waals surface area contributed by atoms with Crippen LogP contribution in [0.3, 0.4) is 0 Å². The number of aryl methyl sites for hydroxylation is 1. The van der Waals surface area contributed by atoms with Crippen LogP contribution in [0.4, 0.5) is 5.82 Å². The van der Waals surface area contributed by atoms with Crippen molar-refractivity contribution < 1.29 is 17.9 Å². The minimum atomic E-state index is -2.99. The Kier molecular flexibility index (Phi) is 6.59. The third-order valence-electron chi connectivity index (χ3n) is 4.66. The number of sulfone groups is 1. The Balaban J connectivity index is 1.97. The molecule has 0 atom stereocenters. The smallest absolute Gasteiger partial charge is 0.152 e. The van der Waals surface area contributed by atoms with E-state index in [1.165, 1.54) is 6.26 Å². The van der Waals surface area contributed by atoms with Crippen LogP contribution < -0.4 is 10.5 Å². The third kappa shape index (κ3) is 4.97. The number of rotatable bonds is 10. The summed E-state index contributed by atoms with van der Waals surface area (Å²) in [5, 5.41) is 0.960. The molecule has 0 aliphatic heterocycles. The van der Waals surface area contributed by atoms with Gasteiger partial charge in [-0.25, -0.2) is 18.4 Å². The number of benzene rings is 1. The molecule has 0 bridgehead atoms. The Labute approximate surface area is 170 Å². The largest absolute Gasteiger partial charge is 0.493 e. The summed E-state index contributed by atoms with van der Waals surface area (Å²) in [4.78, 5) is 9.25. The Morgan fingerprint density at radius 1 is 1.21 bits per heavy atom. The maximum atomic E-state index is 11.2. The lowest BCUT2D eigenvalue weighted by atomic mass is 10.1. The SMILES string of the molecule is CCCn1c(CCOC)nc2c(N)nc3cc(OCCCS(C)(=O)=O)ccc3c21. The lowest BCUT2D eigenvalue weighted by Gasteiger charge is -2.11. The predicted octanol–water partition coefficient (Wildman–Crippen LogP) is 2.58. The minimum Gasteiger partial charge on any atom is -0.493 e. The van der Waals surface area contributed by atoms with Gasteiger partial charge < -0.3 is 19.8 Å². The zero-order valence-corrected chi connectivity index (χ0v) is 18.0. The van der Waals surface area contributed by atoms with Crippen LogP contribution in [0.1, 0.15) is 25.6 Å². The van der Waals surface area contributed by atoms with E-state index in [0.29, 0.717) is 43.1 Å². The summed E-state index contributed by atoms with van der Waals surface area (Å²) in [6.45, 7) is 3.87. The molecule has 0 saturated carbocycles. The van der Waals surface area contributed by atoms with Crippen molar-refractivity contribution in [3.63, 3.8) is 0 Å². The summed E-state index contributed by atoms with van der Waals surface area (Å²) >= 11 is 0. The number of nitrogens with two attached hydrogens (primary N) is 1. The van der Waals surface area contributed by atoms with Gasteiger partial charge in [-0.1, -0.05) is 6.92 Å².